The van der Waals surface area contributed by atoms with Crippen LogP contribution < -0.4 is 28.4 Å². The van der Waals surface area contributed by atoms with Crippen LogP contribution in [0, 0.1) is 11.8 Å². The number of carbonyl (C=O) groups excluding carboxylic acids is 7. The van der Waals surface area contributed by atoms with Crippen LogP contribution in [-0.4, -0.2) is 121 Å². The van der Waals surface area contributed by atoms with Gasteiger partial charge in [0, 0.05) is 13.2 Å². The van der Waals surface area contributed by atoms with Crippen molar-refractivity contribution in [2.75, 3.05) is 72.7 Å². The first-order chi connectivity index (χ1) is 57.9. The van der Waals surface area contributed by atoms with Gasteiger partial charge in [0.1, 0.15) is 40.1 Å². The molecule has 1 unspecified atom stereocenters. The molecule has 5 aromatic carbocycles. The molecule has 0 spiro atoms. The largest absolute Gasteiger partial charge is 0.494 e. The second kappa shape index (κ2) is 58.4. The van der Waals surface area contributed by atoms with E-state index >= 15 is 0 Å². The first-order valence-electron chi connectivity index (χ1n) is 45.4. The Morgan fingerprint density at radius 3 is 1.04 bits per heavy atom. The minimum atomic E-state index is -0.489. The number of ether oxygens (including phenoxy) is 13. The quantitative estimate of drug-likeness (QED) is 0.0152. The first-order valence-corrected chi connectivity index (χ1v) is 45.4. The highest BCUT2D eigenvalue weighted by Gasteiger charge is 2.26. The summed E-state index contributed by atoms with van der Waals surface area (Å²) in [6.07, 6.45) is 39.6. The van der Waals surface area contributed by atoms with E-state index in [9.17, 15) is 33.6 Å². The van der Waals surface area contributed by atoms with Crippen LogP contribution in [0.15, 0.2) is 115 Å². The predicted octanol–water partition coefficient (Wildman–Crippen LogP) is 23.0. The molecule has 1 aliphatic heterocycles. The first kappa shape index (κ1) is 95.0. The maximum atomic E-state index is 13.6. The van der Waals surface area contributed by atoms with Gasteiger partial charge in [0.25, 0.3) is 0 Å². The Hall–Kier alpha value is -8.49. The summed E-state index contributed by atoms with van der Waals surface area (Å²) in [6.45, 7) is 9.05. The van der Waals surface area contributed by atoms with E-state index in [1.165, 1.54) is 114 Å². The second-order valence-corrected chi connectivity index (χ2v) is 32.2. The van der Waals surface area contributed by atoms with Crippen LogP contribution in [0.3, 0.4) is 0 Å². The fourth-order valence-electron chi connectivity index (χ4n) is 15.4. The molecular weight excluding hydrogens is 1500 g/mol. The van der Waals surface area contributed by atoms with Crippen LogP contribution in [0.4, 0.5) is 0 Å². The summed E-state index contributed by atoms with van der Waals surface area (Å²) in [5, 5.41) is 0. The van der Waals surface area contributed by atoms with Crippen molar-refractivity contribution in [3.8, 4) is 34.5 Å². The third kappa shape index (κ3) is 39.6. The van der Waals surface area contributed by atoms with Crippen LogP contribution in [-0.2, 0) is 52.3 Å². The van der Waals surface area contributed by atoms with Gasteiger partial charge in [-0.1, -0.05) is 95.9 Å². The molecule has 5 aromatic rings. The molecular formula is C98H138O20. The maximum Gasteiger partial charge on any atom is 0.343 e. The van der Waals surface area contributed by atoms with Crippen LogP contribution >= 0.6 is 0 Å². The molecule has 3 aliphatic rings. The number of carbonyl (C=O) groups is 7. The second-order valence-electron chi connectivity index (χ2n) is 32.2. The monoisotopic (exact) mass is 1630 g/mol. The molecule has 1 atom stereocenters. The zero-order chi connectivity index (χ0) is 83.1. The summed E-state index contributed by atoms with van der Waals surface area (Å²) in [4.78, 5) is 89.0. The lowest BCUT2D eigenvalue weighted by Crippen LogP contribution is -2.22. The fourth-order valence-corrected chi connectivity index (χ4v) is 15.4. The fraction of sp³-hybridized carbons (Fsp3) is 0.622. The number of unbranched alkanes of at least 4 members (excludes halogenated alkanes) is 19. The van der Waals surface area contributed by atoms with Gasteiger partial charge >= 0.3 is 41.8 Å². The molecule has 0 amide bonds. The predicted molar refractivity (Wildman–Crippen MR) is 456 cm³/mol. The lowest BCUT2D eigenvalue weighted by atomic mass is 9.77. The highest BCUT2D eigenvalue weighted by Crippen LogP contribution is 2.40. The molecule has 0 aromatic heterocycles. The lowest BCUT2D eigenvalue weighted by Gasteiger charge is -2.29. The van der Waals surface area contributed by atoms with Gasteiger partial charge in [-0.3, -0.25) is 19.2 Å². The zero-order valence-corrected chi connectivity index (χ0v) is 71.2. The van der Waals surface area contributed by atoms with Crippen molar-refractivity contribution < 1.29 is 95.1 Å². The number of rotatable bonds is 61. The summed E-state index contributed by atoms with van der Waals surface area (Å²) < 4.78 is 74.2. The summed E-state index contributed by atoms with van der Waals surface area (Å²) >= 11 is 0. The van der Waals surface area contributed by atoms with Crippen LogP contribution in [0.1, 0.15) is 344 Å². The van der Waals surface area contributed by atoms with E-state index in [0.29, 0.717) is 129 Å². The van der Waals surface area contributed by atoms with Crippen molar-refractivity contribution in [1.82, 2.24) is 0 Å². The third-order valence-electron chi connectivity index (χ3n) is 22.7. The van der Waals surface area contributed by atoms with E-state index in [2.05, 4.69) is 38.1 Å². The Morgan fingerprint density at radius 2 is 0.661 bits per heavy atom. The topological polar surface area (TPSA) is 239 Å². The van der Waals surface area contributed by atoms with Crippen molar-refractivity contribution >= 4 is 41.8 Å². The molecule has 0 radical (unpaired) electrons. The summed E-state index contributed by atoms with van der Waals surface area (Å²) in [5.74, 6) is 3.22. The van der Waals surface area contributed by atoms with E-state index in [-0.39, 0.29) is 70.6 Å². The van der Waals surface area contributed by atoms with Gasteiger partial charge in [-0.2, -0.15) is 0 Å². The Kier molecular flexibility index (Phi) is 47.0. The number of esters is 7. The Labute approximate surface area is 703 Å². The normalized spacial score (nSPS) is 16.5. The van der Waals surface area contributed by atoms with Crippen molar-refractivity contribution in [2.45, 2.75) is 308 Å². The Morgan fingerprint density at radius 1 is 0.314 bits per heavy atom. The van der Waals surface area contributed by atoms with Crippen molar-refractivity contribution in [3.63, 3.8) is 0 Å². The van der Waals surface area contributed by atoms with Crippen molar-refractivity contribution in [3.05, 3.63) is 143 Å². The molecule has 1 saturated heterocycles. The molecule has 2 aliphatic carbocycles. The standard InChI is InChI=1S/C98H138O20/c1-3-5-17-31-76-34-38-78(39-35-76)80-42-54-86(55-43-80)117-96(103)82-46-50-84(51-47-82)106-64-20-7-11-24-68-110-91(99)60-61-93(101)112-70-26-13-9-22-66-108-88-58-59-90(89(75-88)98(105)116-74-29-16-15-28-72-114-95-33-19-30-73-115-95)109-67-23-10-14-27-71-113-94(102)63-62-92(100)111-69-25-12-8-21-65-107-85-52-48-83(49-53-85)97(104)118-87-56-44-81(45-57-87)79-40-36-77(37-41-79)32-18-6-4-2/h42-59,75-79,95H,3-41,60-74H2,1-2H3. The van der Waals surface area contributed by atoms with Gasteiger partial charge < -0.3 is 61.6 Å². The highest BCUT2D eigenvalue weighted by atomic mass is 16.7. The van der Waals surface area contributed by atoms with Gasteiger partial charge in [-0.15, -0.1) is 0 Å². The van der Waals surface area contributed by atoms with Crippen LogP contribution in [0.25, 0.3) is 0 Å². The summed E-state index contributed by atoms with van der Waals surface area (Å²) in [5.41, 5.74) is 3.85. The molecule has 3 fully saturated rings. The zero-order valence-electron chi connectivity index (χ0n) is 71.2. The maximum absolute atomic E-state index is 13.6. The highest BCUT2D eigenvalue weighted by molar-refractivity contribution is 5.93. The summed E-state index contributed by atoms with van der Waals surface area (Å²) in [7, 11) is 0. The van der Waals surface area contributed by atoms with Crippen molar-refractivity contribution in [1.29, 1.82) is 0 Å². The van der Waals surface area contributed by atoms with Gasteiger partial charge in [0.2, 0.25) is 0 Å². The number of benzene rings is 5. The Bertz CT molecular complexity index is 3590. The third-order valence-corrected chi connectivity index (χ3v) is 22.7. The average molecular weight is 1640 g/mol. The Balaban J connectivity index is 0.596. The molecule has 118 heavy (non-hydrogen) atoms. The SMILES string of the molecule is CCCCCC1CCC(c2ccc(OC(=O)c3ccc(OCCCCCCOC(=O)CCC(=O)OCCCCCCOc4ccc(OCCCCCCOC(=O)CCC(=O)OCCCCCCOc5ccc(C(=O)Oc6ccc(C7CCC(CCCCC)CC7)cc6)cc5)c(C(=O)OCCCCCCOC5CCCCO5)c4)cc3)cc2)CC1. The number of hydrogen-bond acceptors (Lipinski definition) is 20. The summed E-state index contributed by atoms with van der Waals surface area (Å²) in [6, 6.07) is 35.2. The molecule has 1 heterocycles. The van der Waals surface area contributed by atoms with Gasteiger partial charge in [0.05, 0.1) is 96.3 Å². The van der Waals surface area contributed by atoms with E-state index < -0.39 is 41.8 Å². The minimum Gasteiger partial charge on any atom is -0.494 e. The van der Waals surface area contributed by atoms with E-state index in [0.717, 1.165) is 128 Å². The number of hydrogen-bond donors (Lipinski definition) is 0. The molecule has 8 rings (SSSR count). The van der Waals surface area contributed by atoms with E-state index in [1.807, 2.05) is 24.3 Å². The van der Waals surface area contributed by atoms with Gasteiger partial charge in [-0.05, 0) is 318 Å². The molecule has 20 nitrogen and oxygen atoms in total. The minimum absolute atomic E-state index is 0.0382. The molecule has 20 heteroatoms. The molecule has 2 saturated carbocycles. The molecule has 0 N–H and O–H groups in total. The van der Waals surface area contributed by atoms with Gasteiger partial charge in [0.15, 0.2) is 6.29 Å². The van der Waals surface area contributed by atoms with E-state index in [1.54, 1.807) is 66.7 Å². The smallest absolute Gasteiger partial charge is 0.343 e. The molecule has 650 valence electrons. The van der Waals surface area contributed by atoms with E-state index in [4.69, 9.17) is 61.6 Å². The van der Waals surface area contributed by atoms with Crippen LogP contribution in [0.5, 0.6) is 34.5 Å². The van der Waals surface area contributed by atoms with Crippen LogP contribution in [0.2, 0.25) is 0 Å². The van der Waals surface area contributed by atoms with Crippen molar-refractivity contribution in [2.24, 2.45) is 11.8 Å². The lowest BCUT2D eigenvalue weighted by molar-refractivity contribution is -0.162. The van der Waals surface area contributed by atoms with Gasteiger partial charge in [-0.25, -0.2) is 14.4 Å². The molecule has 0 bridgehead atoms. The average Bonchev–Trinajstić information content (AvgIpc) is 0.847.